The topological polar surface area (TPSA) is 46.2 Å². The van der Waals surface area contributed by atoms with Gasteiger partial charge in [-0.2, -0.15) is 0 Å². The summed E-state index contributed by atoms with van der Waals surface area (Å²) in [5.74, 6) is 0.215. The lowest BCUT2D eigenvalue weighted by molar-refractivity contribution is 0.0281. The molecule has 1 aliphatic rings. The summed E-state index contributed by atoms with van der Waals surface area (Å²) >= 11 is 0. The monoisotopic (exact) mass is 237 g/mol. The Labute approximate surface area is 102 Å². The van der Waals surface area contributed by atoms with Gasteiger partial charge in [-0.1, -0.05) is 31.5 Å². The van der Waals surface area contributed by atoms with Crippen molar-refractivity contribution >= 4 is 0 Å². The van der Waals surface area contributed by atoms with Crippen LogP contribution >= 0.6 is 0 Å². The molecule has 0 aliphatic heterocycles. The third-order valence-electron chi connectivity index (χ3n) is 4.08. The highest BCUT2D eigenvalue weighted by Gasteiger charge is 2.43. The maximum absolute atomic E-state index is 13.7. The average Bonchev–Trinajstić information content (AvgIpc) is 2.72. The van der Waals surface area contributed by atoms with E-state index >= 15 is 0 Å². The van der Waals surface area contributed by atoms with Gasteiger partial charge in [0.05, 0.1) is 6.10 Å². The van der Waals surface area contributed by atoms with Gasteiger partial charge in [-0.15, -0.1) is 0 Å². The summed E-state index contributed by atoms with van der Waals surface area (Å²) < 4.78 is 13.7. The summed E-state index contributed by atoms with van der Waals surface area (Å²) in [5.41, 5.74) is 5.87. The van der Waals surface area contributed by atoms with Crippen LogP contribution < -0.4 is 5.73 Å². The molecule has 0 bridgehead atoms. The number of benzene rings is 1. The van der Waals surface area contributed by atoms with Gasteiger partial charge in [0.2, 0.25) is 0 Å². The predicted molar refractivity (Wildman–Crippen MR) is 65.9 cm³/mol. The van der Waals surface area contributed by atoms with Crippen LogP contribution in [0.3, 0.4) is 0 Å². The Bertz CT molecular complexity index is 396. The minimum atomic E-state index is -0.793. The van der Waals surface area contributed by atoms with Gasteiger partial charge in [0.1, 0.15) is 5.82 Å². The molecule has 3 heteroatoms. The van der Waals surface area contributed by atoms with E-state index in [0.29, 0.717) is 18.0 Å². The van der Waals surface area contributed by atoms with Crippen molar-refractivity contribution in [2.75, 3.05) is 6.54 Å². The lowest BCUT2D eigenvalue weighted by Crippen LogP contribution is -2.35. The Balaban J connectivity index is 2.30. The molecule has 1 aromatic rings. The first-order valence-electron chi connectivity index (χ1n) is 6.21. The molecule has 2 nitrogen and oxygen atoms in total. The van der Waals surface area contributed by atoms with E-state index in [0.717, 1.165) is 19.3 Å². The average molecular weight is 237 g/mol. The standard InChI is InChI=1S/C14H20FNO/c1-10-6-7-14(8-10,9-16)13(17)11-4-2-3-5-12(11)15/h2-5,10,13,17H,6-9,16H2,1H3. The number of aliphatic hydroxyl groups is 1. The van der Waals surface area contributed by atoms with E-state index in [9.17, 15) is 9.50 Å². The minimum absolute atomic E-state index is 0.340. The van der Waals surface area contributed by atoms with Crippen molar-refractivity contribution in [1.29, 1.82) is 0 Å². The summed E-state index contributed by atoms with van der Waals surface area (Å²) in [6, 6.07) is 6.43. The van der Waals surface area contributed by atoms with Crippen LogP contribution in [0.5, 0.6) is 0 Å². The first kappa shape index (κ1) is 12.5. The van der Waals surface area contributed by atoms with E-state index in [1.54, 1.807) is 18.2 Å². The SMILES string of the molecule is CC1CCC(CN)(C(O)c2ccccc2F)C1. The van der Waals surface area contributed by atoms with Crippen molar-refractivity contribution in [3.8, 4) is 0 Å². The lowest BCUT2D eigenvalue weighted by Gasteiger charge is -2.33. The highest BCUT2D eigenvalue weighted by atomic mass is 19.1. The largest absolute Gasteiger partial charge is 0.388 e. The van der Waals surface area contributed by atoms with Gasteiger partial charge in [0.15, 0.2) is 0 Å². The summed E-state index contributed by atoms with van der Waals surface area (Å²) in [6.07, 6.45) is 2.01. The number of aliphatic hydroxyl groups excluding tert-OH is 1. The molecule has 0 amide bonds. The molecule has 94 valence electrons. The number of hydrogen-bond donors (Lipinski definition) is 2. The van der Waals surface area contributed by atoms with Gasteiger partial charge in [-0.25, -0.2) is 4.39 Å². The van der Waals surface area contributed by atoms with Crippen molar-refractivity contribution < 1.29 is 9.50 Å². The molecule has 2 rings (SSSR count). The molecule has 0 radical (unpaired) electrons. The maximum atomic E-state index is 13.7. The van der Waals surface area contributed by atoms with Crippen LogP contribution in [-0.2, 0) is 0 Å². The van der Waals surface area contributed by atoms with Gasteiger partial charge in [0.25, 0.3) is 0 Å². The van der Waals surface area contributed by atoms with Crippen LogP contribution in [0.1, 0.15) is 37.9 Å². The zero-order valence-corrected chi connectivity index (χ0v) is 10.2. The highest BCUT2D eigenvalue weighted by Crippen LogP contribution is 2.49. The fraction of sp³-hybridized carbons (Fsp3) is 0.571. The Morgan fingerprint density at radius 2 is 2.24 bits per heavy atom. The van der Waals surface area contributed by atoms with Crippen LogP contribution in [0, 0.1) is 17.2 Å². The quantitative estimate of drug-likeness (QED) is 0.849. The molecule has 1 saturated carbocycles. The Morgan fingerprint density at radius 3 is 2.76 bits per heavy atom. The molecule has 3 N–H and O–H groups in total. The van der Waals surface area contributed by atoms with Crippen molar-refractivity contribution in [1.82, 2.24) is 0 Å². The predicted octanol–water partition coefficient (Wildman–Crippen LogP) is 2.62. The van der Waals surface area contributed by atoms with Gasteiger partial charge in [-0.3, -0.25) is 0 Å². The van der Waals surface area contributed by atoms with Crippen molar-refractivity contribution in [3.63, 3.8) is 0 Å². The van der Waals surface area contributed by atoms with E-state index < -0.39 is 6.10 Å². The second-order valence-corrected chi connectivity index (χ2v) is 5.34. The first-order chi connectivity index (χ1) is 8.09. The van der Waals surface area contributed by atoms with E-state index in [1.807, 2.05) is 0 Å². The van der Waals surface area contributed by atoms with Crippen LogP contribution in [0.15, 0.2) is 24.3 Å². The number of rotatable bonds is 3. The molecule has 3 atom stereocenters. The molecular formula is C14H20FNO. The van der Waals surface area contributed by atoms with E-state index in [1.165, 1.54) is 6.07 Å². The molecule has 0 heterocycles. The molecule has 1 fully saturated rings. The zero-order valence-electron chi connectivity index (χ0n) is 10.2. The summed E-state index contributed by atoms with van der Waals surface area (Å²) in [6.45, 7) is 2.57. The molecule has 17 heavy (non-hydrogen) atoms. The van der Waals surface area contributed by atoms with Crippen LogP contribution in [0.25, 0.3) is 0 Å². The molecule has 0 spiro atoms. The normalized spacial score (nSPS) is 30.5. The van der Waals surface area contributed by atoms with E-state index in [2.05, 4.69) is 6.92 Å². The fourth-order valence-electron chi connectivity index (χ4n) is 3.00. The Morgan fingerprint density at radius 1 is 1.53 bits per heavy atom. The van der Waals surface area contributed by atoms with Crippen LogP contribution in [0.4, 0.5) is 4.39 Å². The van der Waals surface area contributed by atoms with Crippen molar-refractivity contribution in [3.05, 3.63) is 35.6 Å². The number of nitrogens with two attached hydrogens (primary N) is 1. The highest BCUT2D eigenvalue weighted by molar-refractivity contribution is 5.22. The molecular weight excluding hydrogens is 217 g/mol. The molecule has 0 aromatic heterocycles. The van der Waals surface area contributed by atoms with E-state index in [4.69, 9.17) is 5.73 Å². The van der Waals surface area contributed by atoms with Gasteiger partial charge in [-0.05, 0) is 24.8 Å². The van der Waals surface area contributed by atoms with Crippen molar-refractivity contribution in [2.24, 2.45) is 17.1 Å². The number of hydrogen-bond acceptors (Lipinski definition) is 2. The second kappa shape index (κ2) is 4.75. The fourth-order valence-corrected chi connectivity index (χ4v) is 3.00. The molecule has 0 saturated heterocycles. The summed E-state index contributed by atoms with van der Waals surface area (Å²) in [5, 5.41) is 10.4. The molecule has 1 aromatic carbocycles. The Kier molecular flexibility index (Phi) is 3.50. The van der Waals surface area contributed by atoms with Gasteiger partial charge in [0, 0.05) is 17.5 Å². The summed E-state index contributed by atoms with van der Waals surface area (Å²) in [4.78, 5) is 0. The first-order valence-corrected chi connectivity index (χ1v) is 6.21. The lowest BCUT2D eigenvalue weighted by atomic mass is 9.76. The van der Waals surface area contributed by atoms with E-state index in [-0.39, 0.29) is 11.2 Å². The third kappa shape index (κ3) is 2.22. The number of halogens is 1. The smallest absolute Gasteiger partial charge is 0.129 e. The van der Waals surface area contributed by atoms with Crippen molar-refractivity contribution in [2.45, 2.75) is 32.3 Å². The zero-order chi connectivity index (χ0) is 12.5. The molecule has 3 unspecified atom stereocenters. The third-order valence-corrected chi connectivity index (χ3v) is 4.08. The van der Waals surface area contributed by atoms with Crippen LogP contribution in [-0.4, -0.2) is 11.7 Å². The van der Waals surface area contributed by atoms with Crippen LogP contribution in [0.2, 0.25) is 0 Å². The van der Waals surface area contributed by atoms with Gasteiger partial charge >= 0.3 is 0 Å². The maximum Gasteiger partial charge on any atom is 0.129 e. The summed E-state index contributed by atoms with van der Waals surface area (Å²) in [7, 11) is 0. The van der Waals surface area contributed by atoms with Gasteiger partial charge < -0.3 is 10.8 Å². The minimum Gasteiger partial charge on any atom is -0.388 e. The Hall–Kier alpha value is -0.930. The second-order valence-electron chi connectivity index (χ2n) is 5.34. The molecule has 1 aliphatic carbocycles.